The van der Waals surface area contributed by atoms with Gasteiger partial charge in [-0.1, -0.05) is 0 Å². The molecule has 0 atom stereocenters. The Morgan fingerprint density at radius 1 is 1.17 bits per heavy atom. The van der Waals surface area contributed by atoms with Crippen molar-refractivity contribution in [2.45, 2.75) is 25.7 Å². The van der Waals surface area contributed by atoms with Gasteiger partial charge in [0.05, 0.1) is 16.6 Å². The van der Waals surface area contributed by atoms with Gasteiger partial charge in [-0.25, -0.2) is 18.2 Å². The number of nitro benzene ring substituents is 1. The zero-order valence-electron chi connectivity index (χ0n) is 15.1. The molecule has 1 aliphatic rings. The first-order valence-electron chi connectivity index (χ1n) is 8.49. The number of anilines is 2. The lowest BCUT2D eigenvalue weighted by atomic mass is 10.1. The summed E-state index contributed by atoms with van der Waals surface area (Å²) < 4.78 is 54.4. The van der Waals surface area contributed by atoms with Crippen LogP contribution in [0.4, 0.5) is 35.0 Å². The number of hydrogen-bond donors (Lipinski definition) is 1. The van der Waals surface area contributed by atoms with Crippen molar-refractivity contribution in [1.29, 1.82) is 0 Å². The summed E-state index contributed by atoms with van der Waals surface area (Å²) in [7, 11) is 0. The minimum absolute atomic E-state index is 0.0199. The van der Waals surface area contributed by atoms with E-state index < -0.39 is 39.6 Å². The van der Waals surface area contributed by atoms with Crippen LogP contribution in [0.15, 0.2) is 18.2 Å². The minimum Gasteiger partial charge on any atom is -0.340 e. The molecular formula is C17H15F4N5O3. The van der Waals surface area contributed by atoms with Crippen molar-refractivity contribution in [3.63, 3.8) is 0 Å². The maximum Gasteiger partial charge on any atom is 0.307 e. The second-order valence-electron chi connectivity index (χ2n) is 6.53. The van der Waals surface area contributed by atoms with E-state index >= 15 is 0 Å². The fourth-order valence-electron chi connectivity index (χ4n) is 2.83. The number of benzene rings is 1. The van der Waals surface area contributed by atoms with Crippen molar-refractivity contribution in [3.8, 4) is 0 Å². The predicted octanol–water partition coefficient (Wildman–Crippen LogP) is 3.46. The van der Waals surface area contributed by atoms with Gasteiger partial charge in [0.2, 0.25) is 11.8 Å². The van der Waals surface area contributed by atoms with Gasteiger partial charge in [0, 0.05) is 37.7 Å². The number of nitro groups is 1. The van der Waals surface area contributed by atoms with E-state index in [9.17, 15) is 32.5 Å². The number of piperidine rings is 1. The Kier molecular flexibility index (Phi) is 5.36. The smallest absolute Gasteiger partial charge is 0.307 e. The topological polar surface area (TPSA) is 101 Å². The zero-order chi connectivity index (χ0) is 21.3. The Morgan fingerprint density at radius 2 is 1.83 bits per heavy atom. The van der Waals surface area contributed by atoms with E-state index in [0.717, 1.165) is 0 Å². The van der Waals surface area contributed by atoms with Crippen LogP contribution in [0.1, 0.15) is 28.9 Å². The number of carbonyl (C=O) groups excluding carboxylic acids is 1. The lowest BCUT2D eigenvalue weighted by Gasteiger charge is -2.31. The molecule has 12 heteroatoms. The zero-order valence-corrected chi connectivity index (χ0v) is 15.1. The number of aromatic nitrogens is 2. The van der Waals surface area contributed by atoms with Crippen LogP contribution in [0, 0.1) is 28.7 Å². The first kappa shape index (κ1) is 20.4. The highest BCUT2D eigenvalue weighted by atomic mass is 19.3. The summed E-state index contributed by atoms with van der Waals surface area (Å²) in [6.07, 6.45) is -0.724. The van der Waals surface area contributed by atoms with E-state index in [1.165, 1.54) is 11.0 Å². The van der Waals surface area contributed by atoms with Crippen LogP contribution < -0.4 is 10.2 Å². The van der Waals surface area contributed by atoms with Gasteiger partial charge < -0.3 is 10.2 Å². The van der Waals surface area contributed by atoms with Gasteiger partial charge in [-0.05, 0) is 13.0 Å². The molecule has 1 aliphatic heterocycles. The number of carbonyl (C=O) groups is 1. The standard InChI is InChI=1S/C17H15F4N5O3/c1-9-6-14(24-16(22-9)25-4-2-17(20,21)3-5-25)23-15(27)10-7-12(19)13(26(28)29)8-11(10)18/h6-8H,2-5H2,1H3,(H,22,23,24,27). The lowest BCUT2D eigenvalue weighted by Crippen LogP contribution is -2.40. The third-order valence-electron chi connectivity index (χ3n) is 4.34. The summed E-state index contributed by atoms with van der Waals surface area (Å²) >= 11 is 0. The van der Waals surface area contributed by atoms with E-state index in [4.69, 9.17) is 0 Å². The molecule has 1 N–H and O–H groups in total. The number of rotatable bonds is 4. The van der Waals surface area contributed by atoms with Crippen molar-refractivity contribution in [2.75, 3.05) is 23.3 Å². The second kappa shape index (κ2) is 7.60. The summed E-state index contributed by atoms with van der Waals surface area (Å²) in [4.78, 5) is 31.6. The third-order valence-corrected chi connectivity index (χ3v) is 4.34. The van der Waals surface area contributed by atoms with E-state index in [2.05, 4.69) is 15.3 Å². The molecule has 8 nitrogen and oxygen atoms in total. The van der Waals surface area contributed by atoms with Gasteiger partial charge in [-0.2, -0.15) is 9.37 Å². The summed E-state index contributed by atoms with van der Waals surface area (Å²) in [6, 6.07) is 2.10. The average molecular weight is 413 g/mol. The van der Waals surface area contributed by atoms with Crippen molar-refractivity contribution < 1.29 is 27.3 Å². The van der Waals surface area contributed by atoms with Gasteiger partial charge >= 0.3 is 5.69 Å². The maximum atomic E-state index is 14.0. The van der Waals surface area contributed by atoms with E-state index in [0.29, 0.717) is 17.8 Å². The van der Waals surface area contributed by atoms with Crippen molar-refractivity contribution in [3.05, 3.63) is 51.2 Å². The van der Waals surface area contributed by atoms with Crippen molar-refractivity contribution >= 4 is 23.4 Å². The molecular weight excluding hydrogens is 398 g/mol. The van der Waals surface area contributed by atoms with Crippen molar-refractivity contribution in [1.82, 2.24) is 9.97 Å². The SMILES string of the molecule is Cc1cc(NC(=O)c2cc(F)c([N+](=O)[O-])cc2F)nc(N2CCC(F)(F)CC2)n1. The minimum atomic E-state index is -2.76. The molecule has 0 bridgehead atoms. The molecule has 0 radical (unpaired) electrons. The third kappa shape index (κ3) is 4.58. The van der Waals surface area contributed by atoms with Gasteiger partial charge in [0.25, 0.3) is 11.8 Å². The Labute approximate surface area is 161 Å². The van der Waals surface area contributed by atoms with Crippen LogP contribution in [0.3, 0.4) is 0 Å². The van der Waals surface area contributed by atoms with E-state index in [-0.39, 0.29) is 37.7 Å². The number of halogens is 4. The molecule has 0 unspecified atom stereocenters. The van der Waals surface area contributed by atoms with Crippen LogP contribution >= 0.6 is 0 Å². The molecule has 1 amide bonds. The number of nitrogens with one attached hydrogen (secondary N) is 1. The Morgan fingerprint density at radius 3 is 2.45 bits per heavy atom. The highest BCUT2D eigenvalue weighted by Crippen LogP contribution is 2.30. The van der Waals surface area contributed by atoms with Crippen LogP contribution in [0.5, 0.6) is 0 Å². The van der Waals surface area contributed by atoms with Gasteiger partial charge in [-0.15, -0.1) is 0 Å². The number of hydrogen-bond acceptors (Lipinski definition) is 6. The van der Waals surface area contributed by atoms with Crippen LogP contribution in [0.2, 0.25) is 0 Å². The fraction of sp³-hybridized carbons (Fsp3) is 0.353. The molecule has 0 saturated carbocycles. The van der Waals surface area contributed by atoms with Gasteiger partial charge in [-0.3, -0.25) is 14.9 Å². The molecule has 2 heterocycles. The van der Waals surface area contributed by atoms with Crippen LogP contribution in [0.25, 0.3) is 0 Å². The molecule has 1 aromatic carbocycles. The highest BCUT2D eigenvalue weighted by molar-refractivity contribution is 6.04. The largest absolute Gasteiger partial charge is 0.340 e. The summed E-state index contributed by atoms with van der Waals surface area (Å²) in [5, 5.41) is 12.9. The molecule has 1 fully saturated rings. The number of alkyl halides is 2. The highest BCUT2D eigenvalue weighted by Gasteiger charge is 2.35. The fourth-order valence-corrected chi connectivity index (χ4v) is 2.83. The molecule has 1 aromatic heterocycles. The van der Waals surface area contributed by atoms with E-state index in [1.54, 1.807) is 6.92 Å². The first-order chi connectivity index (χ1) is 13.6. The molecule has 0 aliphatic carbocycles. The van der Waals surface area contributed by atoms with Gasteiger partial charge in [0.1, 0.15) is 11.6 Å². The van der Waals surface area contributed by atoms with Crippen LogP contribution in [-0.4, -0.2) is 39.8 Å². The van der Waals surface area contributed by atoms with Crippen LogP contribution in [-0.2, 0) is 0 Å². The average Bonchev–Trinajstić information content (AvgIpc) is 2.62. The molecule has 3 rings (SSSR count). The summed E-state index contributed by atoms with van der Waals surface area (Å²) in [5.74, 6) is -6.41. The second-order valence-corrected chi connectivity index (χ2v) is 6.53. The Bertz CT molecular complexity index is 976. The number of nitrogens with zero attached hydrogens (tertiary/aromatic N) is 4. The number of aryl methyl sites for hydroxylation is 1. The monoisotopic (exact) mass is 413 g/mol. The summed E-state index contributed by atoms with van der Waals surface area (Å²) in [5.41, 5.74) is -1.43. The maximum absolute atomic E-state index is 14.0. The van der Waals surface area contributed by atoms with Gasteiger partial charge in [0.15, 0.2) is 0 Å². The molecule has 1 saturated heterocycles. The normalized spacial score (nSPS) is 15.8. The first-order valence-corrected chi connectivity index (χ1v) is 8.49. The predicted molar refractivity (Wildman–Crippen MR) is 94.1 cm³/mol. The van der Waals surface area contributed by atoms with E-state index in [1.807, 2.05) is 0 Å². The molecule has 154 valence electrons. The summed E-state index contributed by atoms with van der Waals surface area (Å²) in [6.45, 7) is 1.63. The Hall–Kier alpha value is -3.31. The molecule has 2 aromatic rings. The Balaban J connectivity index is 1.82. The quantitative estimate of drug-likeness (QED) is 0.468. The molecule has 29 heavy (non-hydrogen) atoms. The lowest BCUT2D eigenvalue weighted by molar-refractivity contribution is -0.387. The molecule has 0 spiro atoms. The van der Waals surface area contributed by atoms with Crippen molar-refractivity contribution in [2.24, 2.45) is 0 Å². The number of amides is 1.